The summed E-state index contributed by atoms with van der Waals surface area (Å²) in [5.41, 5.74) is 0. The van der Waals surface area contributed by atoms with Gasteiger partial charge in [0.2, 0.25) is 5.91 Å². The van der Waals surface area contributed by atoms with Crippen LogP contribution in [0.2, 0.25) is 0 Å². The van der Waals surface area contributed by atoms with Crippen molar-refractivity contribution in [3.05, 3.63) is 0 Å². The first kappa shape index (κ1) is 9.64. The molecule has 0 radical (unpaired) electrons. The van der Waals surface area contributed by atoms with Crippen LogP contribution < -0.4 is 0 Å². The molecule has 2 bridgehead atoms. The molecule has 0 spiro atoms. The van der Waals surface area contributed by atoms with Crippen LogP contribution in [0.3, 0.4) is 0 Å². The predicted molar refractivity (Wildman–Crippen MR) is 58.4 cm³/mol. The van der Waals surface area contributed by atoms with Crippen LogP contribution in [0.4, 0.5) is 0 Å². The van der Waals surface area contributed by atoms with Gasteiger partial charge in [0.25, 0.3) is 0 Å². The van der Waals surface area contributed by atoms with Crippen molar-refractivity contribution in [2.45, 2.75) is 31.7 Å². The molecule has 3 aliphatic heterocycles. The second kappa shape index (κ2) is 3.48. The number of nitrogens with zero attached hydrogens (tertiary/aromatic N) is 2. The summed E-state index contributed by atoms with van der Waals surface area (Å²) in [5.74, 6) is 1.92. The predicted octanol–water partition coefficient (Wildman–Crippen LogP) is 0.949. The number of likely N-dealkylation sites (tertiary alicyclic amines) is 1. The summed E-state index contributed by atoms with van der Waals surface area (Å²) >= 11 is 0. The number of carbonyl (C=O) groups excluding carboxylic acids is 1. The van der Waals surface area contributed by atoms with Gasteiger partial charge in [-0.05, 0) is 38.1 Å². The first-order valence-corrected chi connectivity index (χ1v) is 6.22. The molecule has 1 amide bonds. The summed E-state index contributed by atoms with van der Waals surface area (Å²) in [6, 6.07) is 0.574. The van der Waals surface area contributed by atoms with Gasteiger partial charge >= 0.3 is 0 Å². The fourth-order valence-corrected chi connectivity index (χ4v) is 3.86. The van der Waals surface area contributed by atoms with Gasteiger partial charge in [-0.25, -0.2) is 0 Å². The number of rotatable bonds is 0. The minimum absolute atomic E-state index is 0.422. The molecule has 3 rings (SSSR count). The SMILES string of the molecule is CN1CC2CC(C1)C1CCCC(=O)N1C2. The van der Waals surface area contributed by atoms with Crippen LogP contribution >= 0.6 is 0 Å². The first-order valence-electron chi connectivity index (χ1n) is 6.22. The minimum Gasteiger partial charge on any atom is -0.339 e. The molecule has 3 aliphatic rings. The molecule has 0 saturated carbocycles. The number of carbonyl (C=O) groups is 1. The number of fused-ring (bicyclic) bond motifs is 4. The lowest BCUT2D eigenvalue weighted by molar-refractivity contribution is -0.144. The quantitative estimate of drug-likeness (QED) is 0.592. The molecule has 0 aromatic carbocycles. The molecule has 3 unspecified atom stereocenters. The van der Waals surface area contributed by atoms with Gasteiger partial charge in [-0.15, -0.1) is 0 Å². The van der Waals surface area contributed by atoms with Crippen molar-refractivity contribution in [2.24, 2.45) is 11.8 Å². The van der Waals surface area contributed by atoms with Gasteiger partial charge in [0, 0.05) is 32.1 Å². The topological polar surface area (TPSA) is 23.6 Å². The van der Waals surface area contributed by atoms with Crippen LogP contribution in [0.25, 0.3) is 0 Å². The van der Waals surface area contributed by atoms with Crippen molar-refractivity contribution >= 4 is 5.91 Å². The zero-order valence-electron chi connectivity index (χ0n) is 9.48. The van der Waals surface area contributed by atoms with Gasteiger partial charge in [-0.1, -0.05) is 0 Å². The van der Waals surface area contributed by atoms with Gasteiger partial charge < -0.3 is 9.80 Å². The van der Waals surface area contributed by atoms with E-state index in [4.69, 9.17) is 0 Å². The zero-order valence-corrected chi connectivity index (χ0v) is 9.48. The highest BCUT2D eigenvalue weighted by atomic mass is 16.2. The number of hydrogen-bond donors (Lipinski definition) is 0. The minimum atomic E-state index is 0.422. The number of piperidine rings is 3. The van der Waals surface area contributed by atoms with Crippen molar-refractivity contribution < 1.29 is 4.79 Å². The molecule has 3 nitrogen and oxygen atoms in total. The third-order valence-corrected chi connectivity index (χ3v) is 4.36. The van der Waals surface area contributed by atoms with E-state index in [1.165, 1.54) is 25.9 Å². The van der Waals surface area contributed by atoms with Crippen LogP contribution in [0.1, 0.15) is 25.7 Å². The average molecular weight is 208 g/mol. The second-order valence-electron chi connectivity index (χ2n) is 5.59. The van der Waals surface area contributed by atoms with Gasteiger partial charge in [0.15, 0.2) is 0 Å². The Morgan fingerprint density at radius 3 is 3.00 bits per heavy atom. The standard InChI is InChI=1S/C12H20N2O/c1-13-6-9-5-10(8-13)11-3-2-4-12(15)14(11)7-9/h9-11H,2-8H2,1H3. The molecule has 0 N–H and O–H groups in total. The maximum Gasteiger partial charge on any atom is 0.222 e. The van der Waals surface area contributed by atoms with Gasteiger partial charge in [-0.2, -0.15) is 0 Å². The fraction of sp³-hybridized carbons (Fsp3) is 0.917. The third kappa shape index (κ3) is 1.57. The van der Waals surface area contributed by atoms with E-state index in [1.54, 1.807) is 0 Å². The second-order valence-corrected chi connectivity index (χ2v) is 5.59. The van der Waals surface area contributed by atoms with Crippen molar-refractivity contribution in [2.75, 3.05) is 26.7 Å². The molecule has 0 aromatic rings. The molecule has 3 fully saturated rings. The first-order chi connectivity index (χ1) is 7.24. The normalized spacial score (nSPS) is 41.5. The van der Waals surface area contributed by atoms with Gasteiger partial charge in [-0.3, -0.25) is 4.79 Å². The Kier molecular flexibility index (Phi) is 2.23. The van der Waals surface area contributed by atoms with Crippen LogP contribution in [-0.4, -0.2) is 48.4 Å². The molecule has 15 heavy (non-hydrogen) atoms. The Balaban J connectivity index is 1.82. The van der Waals surface area contributed by atoms with Crippen molar-refractivity contribution in [1.29, 1.82) is 0 Å². The Bertz CT molecular complexity index is 277. The average Bonchev–Trinajstić information content (AvgIpc) is 2.19. The lowest BCUT2D eigenvalue weighted by Crippen LogP contribution is -2.59. The lowest BCUT2D eigenvalue weighted by Gasteiger charge is -2.51. The Labute approximate surface area is 91.4 Å². The molecule has 3 heterocycles. The molecule has 0 aliphatic carbocycles. The molecule has 3 atom stereocenters. The van der Waals surface area contributed by atoms with Gasteiger partial charge in [0.1, 0.15) is 0 Å². The molecular formula is C12H20N2O. The smallest absolute Gasteiger partial charge is 0.222 e. The largest absolute Gasteiger partial charge is 0.339 e. The van der Waals surface area contributed by atoms with E-state index < -0.39 is 0 Å². The summed E-state index contributed by atoms with van der Waals surface area (Å²) in [7, 11) is 2.22. The molecule has 0 aromatic heterocycles. The monoisotopic (exact) mass is 208 g/mol. The summed E-state index contributed by atoms with van der Waals surface area (Å²) in [6.45, 7) is 3.42. The Morgan fingerprint density at radius 1 is 1.27 bits per heavy atom. The fourth-order valence-electron chi connectivity index (χ4n) is 3.86. The van der Waals surface area contributed by atoms with E-state index in [-0.39, 0.29) is 0 Å². The highest BCUT2D eigenvalue weighted by Crippen LogP contribution is 2.37. The maximum atomic E-state index is 11.9. The highest BCUT2D eigenvalue weighted by molar-refractivity contribution is 5.77. The van der Waals surface area contributed by atoms with E-state index >= 15 is 0 Å². The van der Waals surface area contributed by atoms with Crippen LogP contribution in [0, 0.1) is 11.8 Å². The third-order valence-electron chi connectivity index (χ3n) is 4.36. The Morgan fingerprint density at radius 2 is 2.13 bits per heavy atom. The summed E-state index contributed by atoms with van der Waals surface area (Å²) in [4.78, 5) is 16.5. The van der Waals surface area contributed by atoms with E-state index in [2.05, 4.69) is 16.8 Å². The van der Waals surface area contributed by atoms with E-state index in [0.717, 1.165) is 31.2 Å². The van der Waals surface area contributed by atoms with Crippen LogP contribution in [-0.2, 0) is 4.79 Å². The summed E-state index contributed by atoms with van der Waals surface area (Å²) in [6.07, 6.45) is 4.52. The van der Waals surface area contributed by atoms with Crippen molar-refractivity contribution in [3.63, 3.8) is 0 Å². The van der Waals surface area contributed by atoms with E-state index in [0.29, 0.717) is 11.9 Å². The van der Waals surface area contributed by atoms with Crippen molar-refractivity contribution in [3.8, 4) is 0 Å². The van der Waals surface area contributed by atoms with Crippen LogP contribution in [0.5, 0.6) is 0 Å². The van der Waals surface area contributed by atoms with Crippen LogP contribution in [0.15, 0.2) is 0 Å². The zero-order chi connectivity index (χ0) is 10.4. The van der Waals surface area contributed by atoms with E-state index in [1.807, 2.05) is 0 Å². The maximum absolute atomic E-state index is 11.9. The Hall–Kier alpha value is -0.570. The van der Waals surface area contributed by atoms with E-state index in [9.17, 15) is 4.79 Å². The van der Waals surface area contributed by atoms with Crippen molar-refractivity contribution in [1.82, 2.24) is 9.80 Å². The highest BCUT2D eigenvalue weighted by Gasteiger charge is 2.42. The molecule has 3 heteroatoms. The van der Waals surface area contributed by atoms with Gasteiger partial charge in [0.05, 0.1) is 0 Å². The molecule has 84 valence electrons. The number of hydrogen-bond acceptors (Lipinski definition) is 2. The summed E-state index contributed by atoms with van der Waals surface area (Å²) < 4.78 is 0. The number of amides is 1. The molecular weight excluding hydrogens is 188 g/mol. The summed E-state index contributed by atoms with van der Waals surface area (Å²) in [5, 5.41) is 0. The lowest BCUT2D eigenvalue weighted by atomic mass is 9.76. The molecule has 3 saturated heterocycles.